The molecule has 84 valence electrons. The smallest absolute Gasteiger partial charge is 0.197 e. The van der Waals surface area contributed by atoms with Gasteiger partial charge in [-0.25, -0.2) is 15.0 Å². The summed E-state index contributed by atoms with van der Waals surface area (Å²) in [6.45, 7) is 0. The van der Waals surface area contributed by atoms with Crippen LogP contribution in [0.2, 0.25) is 0 Å². The Labute approximate surface area is 97.5 Å². The first kappa shape index (κ1) is 9.77. The first-order chi connectivity index (χ1) is 8.36. The summed E-state index contributed by atoms with van der Waals surface area (Å²) in [5, 5.41) is 0. The van der Waals surface area contributed by atoms with E-state index >= 15 is 0 Å². The van der Waals surface area contributed by atoms with Crippen molar-refractivity contribution in [1.29, 1.82) is 0 Å². The van der Waals surface area contributed by atoms with E-state index in [4.69, 9.17) is 4.74 Å². The molecule has 0 aliphatic heterocycles. The number of hydrogen-bond acceptors (Lipinski definition) is 4. The summed E-state index contributed by atoms with van der Waals surface area (Å²) in [5.74, 6) is 1.58. The van der Waals surface area contributed by atoms with E-state index in [1.165, 1.54) is 0 Å². The molecular formula is C12H10N4O. The van der Waals surface area contributed by atoms with Crippen molar-refractivity contribution < 1.29 is 4.74 Å². The molecule has 3 rings (SSSR count). The van der Waals surface area contributed by atoms with E-state index in [2.05, 4.69) is 19.9 Å². The van der Waals surface area contributed by atoms with Crippen molar-refractivity contribution in [2.75, 3.05) is 7.11 Å². The number of nitrogens with one attached hydrogen (secondary N) is 1. The SMILES string of the molecule is COc1ccc(-c2nc3nccnc3[nH]2)cc1. The normalized spacial score (nSPS) is 10.6. The van der Waals surface area contributed by atoms with Crippen LogP contribution in [-0.4, -0.2) is 27.0 Å². The average molecular weight is 226 g/mol. The maximum absolute atomic E-state index is 5.11. The second kappa shape index (κ2) is 3.86. The minimum absolute atomic E-state index is 0.623. The lowest BCUT2D eigenvalue weighted by Gasteiger charge is -1.99. The third kappa shape index (κ3) is 1.71. The average Bonchev–Trinajstić information content (AvgIpc) is 2.82. The van der Waals surface area contributed by atoms with Crippen molar-refractivity contribution in [3.8, 4) is 17.1 Å². The highest BCUT2D eigenvalue weighted by Crippen LogP contribution is 2.20. The summed E-state index contributed by atoms with van der Waals surface area (Å²) in [4.78, 5) is 15.8. The van der Waals surface area contributed by atoms with Crippen molar-refractivity contribution in [1.82, 2.24) is 19.9 Å². The van der Waals surface area contributed by atoms with Gasteiger partial charge in [-0.15, -0.1) is 0 Å². The van der Waals surface area contributed by atoms with Crippen molar-refractivity contribution >= 4 is 11.3 Å². The molecule has 0 saturated heterocycles. The maximum Gasteiger partial charge on any atom is 0.197 e. The highest BCUT2D eigenvalue weighted by Gasteiger charge is 2.06. The minimum Gasteiger partial charge on any atom is -0.497 e. The molecule has 0 bridgehead atoms. The van der Waals surface area contributed by atoms with E-state index < -0.39 is 0 Å². The zero-order chi connectivity index (χ0) is 11.7. The number of hydrogen-bond donors (Lipinski definition) is 1. The van der Waals surface area contributed by atoms with Gasteiger partial charge in [0, 0.05) is 18.0 Å². The molecule has 0 aliphatic rings. The molecule has 5 nitrogen and oxygen atoms in total. The number of rotatable bonds is 2. The minimum atomic E-state index is 0.623. The van der Waals surface area contributed by atoms with Crippen LogP contribution in [0.1, 0.15) is 0 Å². The second-order valence-corrected chi connectivity index (χ2v) is 3.54. The van der Waals surface area contributed by atoms with E-state index in [9.17, 15) is 0 Å². The molecule has 2 heterocycles. The van der Waals surface area contributed by atoms with Gasteiger partial charge in [-0.05, 0) is 24.3 Å². The van der Waals surface area contributed by atoms with Gasteiger partial charge in [0.15, 0.2) is 11.3 Å². The lowest BCUT2D eigenvalue weighted by molar-refractivity contribution is 0.415. The van der Waals surface area contributed by atoms with Gasteiger partial charge >= 0.3 is 0 Å². The van der Waals surface area contributed by atoms with Crippen molar-refractivity contribution in [3.05, 3.63) is 36.7 Å². The molecule has 0 fully saturated rings. The summed E-state index contributed by atoms with van der Waals surface area (Å²) in [5.41, 5.74) is 2.29. The zero-order valence-electron chi connectivity index (χ0n) is 9.21. The van der Waals surface area contributed by atoms with Crippen LogP contribution in [0.3, 0.4) is 0 Å². The largest absolute Gasteiger partial charge is 0.497 e. The molecular weight excluding hydrogens is 216 g/mol. The molecule has 0 radical (unpaired) electrons. The van der Waals surface area contributed by atoms with E-state index in [-0.39, 0.29) is 0 Å². The Bertz CT molecular complexity index is 612. The third-order valence-corrected chi connectivity index (χ3v) is 2.50. The fourth-order valence-corrected chi connectivity index (χ4v) is 1.63. The predicted molar refractivity (Wildman–Crippen MR) is 63.7 cm³/mol. The fraction of sp³-hybridized carbons (Fsp3) is 0.0833. The molecule has 1 aromatic carbocycles. The molecule has 0 spiro atoms. The highest BCUT2D eigenvalue weighted by molar-refractivity contribution is 5.71. The van der Waals surface area contributed by atoms with Gasteiger partial charge in [0.25, 0.3) is 0 Å². The molecule has 17 heavy (non-hydrogen) atoms. The topological polar surface area (TPSA) is 63.7 Å². The van der Waals surface area contributed by atoms with Crippen molar-refractivity contribution in [3.63, 3.8) is 0 Å². The maximum atomic E-state index is 5.11. The Hall–Kier alpha value is -2.43. The Balaban J connectivity index is 2.07. The van der Waals surface area contributed by atoms with Gasteiger partial charge < -0.3 is 9.72 Å². The van der Waals surface area contributed by atoms with Gasteiger partial charge in [0.1, 0.15) is 11.6 Å². The summed E-state index contributed by atoms with van der Waals surface area (Å²) in [6.07, 6.45) is 3.26. The summed E-state index contributed by atoms with van der Waals surface area (Å²) < 4.78 is 5.11. The predicted octanol–water partition coefficient (Wildman–Crippen LogP) is 2.03. The number of benzene rings is 1. The summed E-state index contributed by atoms with van der Waals surface area (Å²) in [7, 11) is 1.64. The quantitative estimate of drug-likeness (QED) is 0.726. The van der Waals surface area contributed by atoms with Crippen LogP contribution in [0.4, 0.5) is 0 Å². The molecule has 1 N–H and O–H groups in total. The van der Waals surface area contributed by atoms with Gasteiger partial charge in [-0.2, -0.15) is 0 Å². The number of methoxy groups -OCH3 is 1. The monoisotopic (exact) mass is 226 g/mol. The Kier molecular flexibility index (Phi) is 2.22. The van der Waals surface area contributed by atoms with E-state index in [1.54, 1.807) is 19.5 Å². The van der Waals surface area contributed by atoms with Gasteiger partial charge in [0.2, 0.25) is 0 Å². The lowest BCUT2D eigenvalue weighted by Crippen LogP contribution is -1.83. The fourth-order valence-electron chi connectivity index (χ4n) is 1.63. The Morgan fingerprint density at radius 1 is 1.06 bits per heavy atom. The van der Waals surface area contributed by atoms with Gasteiger partial charge in [-0.1, -0.05) is 0 Å². The van der Waals surface area contributed by atoms with Gasteiger partial charge in [0.05, 0.1) is 7.11 Å². The van der Waals surface area contributed by atoms with E-state index in [0.717, 1.165) is 17.1 Å². The number of imidazole rings is 1. The molecule has 3 aromatic rings. The summed E-state index contributed by atoms with van der Waals surface area (Å²) in [6, 6.07) is 7.67. The number of aromatic amines is 1. The van der Waals surface area contributed by atoms with Crippen molar-refractivity contribution in [2.45, 2.75) is 0 Å². The van der Waals surface area contributed by atoms with Crippen LogP contribution in [0.15, 0.2) is 36.7 Å². The first-order valence-corrected chi connectivity index (χ1v) is 5.18. The van der Waals surface area contributed by atoms with Gasteiger partial charge in [-0.3, -0.25) is 0 Å². The van der Waals surface area contributed by atoms with Crippen molar-refractivity contribution in [2.24, 2.45) is 0 Å². The number of fused-ring (bicyclic) bond motifs is 1. The van der Waals surface area contributed by atoms with Crippen LogP contribution in [0, 0.1) is 0 Å². The van der Waals surface area contributed by atoms with Crippen LogP contribution < -0.4 is 4.74 Å². The summed E-state index contributed by atoms with van der Waals surface area (Å²) >= 11 is 0. The van der Waals surface area contributed by atoms with Crippen LogP contribution in [-0.2, 0) is 0 Å². The number of ether oxygens (including phenoxy) is 1. The molecule has 0 unspecified atom stereocenters. The molecule has 0 saturated carbocycles. The molecule has 0 aliphatic carbocycles. The molecule has 0 atom stereocenters. The van der Waals surface area contributed by atoms with Crippen LogP contribution in [0.25, 0.3) is 22.7 Å². The lowest BCUT2D eigenvalue weighted by atomic mass is 10.2. The molecule has 0 amide bonds. The van der Waals surface area contributed by atoms with E-state index in [0.29, 0.717) is 11.3 Å². The number of aromatic nitrogens is 4. The number of nitrogens with zero attached hydrogens (tertiary/aromatic N) is 3. The Morgan fingerprint density at radius 2 is 1.82 bits per heavy atom. The van der Waals surface area contributed by atoms with Crippen LogP contribution >= 0.6 is 0 Å². The van der Waals surface area contributed by atoms with Crippen LogP contribution in [0.5, 0.6) is 5.75 Å². The third-order valence-electron chi connectivity index (χ3n) is 2.50. The Morgan fingerprint density at radius 3 is 2.53 bits per heavy atom. The second-order valence-electron chi connectivity index (χ2n) is 3.54. The number of H-pyrrole nitrogens is 1. The van der Waals surface area contributed by atoms with E-state index in [1.807, 2.05) is 24.3 Å². The standard InChI is InChI=1S/C12H10N4O/c1-17-9-4-2-8(3-5-9)10-15-11-12(16-10)14-7-6-13-11/h2-7H,1H3,(H,13,14,15,16). The highest BCUT2D eigenvalue weighted by atomic mass is 16.5. The first-order valence-electron chi connectivity index (χ1n) is 5.18. The molecule has 5 heteroatoms. The zero-order valence-corrected chi connectivity index (χ0v) is 9.21. The molecule has 2 aromatic heterocycles.